The van der Waals surface area contributed by atoms with Crippen molar-refractivity contribution in [1.82, 2.24) is 4.90 Å². The molecule has 12 heavy (non-hydrogen) atoms. The lowest BCUT2D eigenvalue weighted by atomic mass is 10.2. The first-order chi connectivity index (χ1) is 5.74. The Morgan fingerprint density at radius 1 is 1.58 bits per heavy atom. The van der Waals surface area contributed by atoms with Crippen LogP contribution in [0.15, 0.2) is 15.9 Å². The smallest absolute Gasteiger partial charge is 0.125 e. The molecule has 2 rings (SSSR count). The zero-order valence-electron chi connectivity index (χ0n) is 6.46. The molecule has 0 spiro atoms. The fourth-order valence-electron chi connectivity index (χ4n) is 1.29. The number of alkyl halides is 1. The van der Waals surface area contributed by atoms with Crippen LogP contribution in [0.4, 0.5) is 4.39 Å². The minimum atomic E-state index is -0.589. The molecule has 4 heteroatoms. The van der Waals surface area contributed by atoms with Crippen LogP contribution in [0.25, 0.3) is 0 Å². The van der Waals surface area contributed by atoms with Gasteiger partial charge in [-0.3, -0.25) is 4.90 Å². The summed E-state index contributed by atoms with van der Waals surface area (Å²) in [7, 11) is 0. The maximum absolute atomic E-state index is 12.4. The molecular weight excluding hydrogens is 241 g/mol. The molecular formula is C8H9BrFNS. The highest BCUT2D eigenvalue weighted by atomic mass is 79.9. The van der Waals surface area contributed by atoms with Crippen molar-refractivity contribution in [3.05, 3.63) is 20.8 Å². The Bertz CT molecular complexity index is 270. The van der Waals surface area contributed by atoms with E-state index < -0.39 is 6.17 Å². The monoisotopic (exact) mass is 249 g/mol. The van der Waals surface area contributed by atoms with Gasteiger partial charge in [-0.05, 0) is 28.1 Å². The van der Waals surface area contributed by atoms with Crippen molar-refractivity contribution in [2.75, 3.05) is 13.1 Å². The SMILES string of the molecule is FC1CN(Cc2ccc(Br)s2)C1. The van der Waals surface area contributed by atoms with Gasteiger partial charge in [0.2, 0.25) is 0 Å². The van der Waals surface area contributed by atoms with Crippen molar-refractivity contribution in [2.24, 2.45) is 0 Å². The summed E-state index contributed by atoms with van der Waals surface area (Å²) < 4.78 is 13.6. The first kappa shape index (κ1) is 8.66. The van der Waals surface area contributed by atoms with E-state index in [1.807, 2.05) is 6.07 Å². The van der Waals surface area contributed by atoms with Gasteiger partial charge in [-0.2, -0.15) is 0 Å². The molecule has 0 aliphatic carbocycles. The molecule has 1 nitrogen and oxygen atoms in total. The van der Waals surface area contributed by atoms with Crippen molar-refractivity contribution >= 4 is 27.3 Å². The van der Waals surface area contributed by atoms with Crippen LogP contribution in [0.1, 0.15) is 4.88 Å². The lowest BCUT2D eigenvalue weighted by Crippen LogP contribution is -2.47. The van der Waals surface area contributed by atoms with Crippen molar-refractivity contribution in [1.29, 1.82) is 0 Å². The molecule has 1 saturated heterocycles. The van der Waals surface area contributed by atoms with Crippen molar-refractivity contribution in [2.45, 2.75) is 12.7 Å². The number of rotatable bonds is 2. The maximum atomic E-state index is 12.4. The molecule has 1 aromatic rings. The number of thiophene rings is 1. The standard InChI is InChI=1S/C8H9BrFNS/c9-8-2-1-7(12-8)5-11-3-6(10)4-11/h1-2,6H,3-5H2. The molecule has 0 atom stereocenters. The van der Waals surface area contributed by atoms with Crippen LogP contribution in [0, 0.1) is 0 Å². The Labute approximate surface area is 83.3 Å². The fraction of sp³-hybridized carbons (Fsp3) is 0.500. The summed E-state index contributed by atoms with van der Waals surface area (Å²) in [6, 6.07) is 4.12. The Morgan fingerprint density at radius 3 is 2.83 bits per heavy atom. The highest BCUT2D eigenvalue weighted by molar-refractivity contribution is 9.11. The molecule has 0 amide bonds. The van der Waals surface area contributed by atoms with Crippen LogP contribution >= 0.6 is 27.3 Å². The summed E-state index contributed by atoms with van der Waals surface area (Å²) >= 11 is 5.12. The minimum Gasteiger partial charge on any atom is -0.292 e. The van der Waals surface area contributed by atoms with Gasteiger partial charge in [-0.15, -0.1) is 11.3 Å². The third-order valence-corrected chi connectivity index (χ3v) is 3.53. The molecule has 66 valence electrons. The Kier molecular flexibility index (Phi) is 2.48. The van der Waals surface area contributed by atoms with Crippen LogP contribution in [0.2, 0.25) is 0 Å². The zero-order chi connectivity index (χ0) is 8.55. The van der Waals surface area contributed by atoms with E-state index in [2.05, 4.69) is 26.9 Å². The van der Waals surface area contributed by atoms with Crippen molar-refractivity contribution in [3.8, 4) is 0 Å². The first-order valence-electron chi connectivity index (χ1n) is 3.84. The van der Waals surface area contributed by atoms with E-state index in [0.29, 0.717) is 13.1 Å². The summed E-state index contributed by atoms with van der Waals surface area (Å²) in [6.45, 7) is 2.11. The van der Waals surface area contributed by atoms with Crippen LogP contribution < -0.4 is 0 Å². The topological polar surface area (TPSA) is 3.24 Å². The Morgan fingerprint density at radius 2 is 2.33 bits per heavy atom. The number of likely N-dealkylation sites (tertiary alicyclic amines) is 1. The Hall–Kier alpha value is 0.0700. The number of hydrogen-bond acceptors (Lipinski definition) is 2. The number of hydrogen-bond donors (Lipinski definition) is 0. The molecule has 2 heterocycles. The maximum Gasteiger partial charge on any atom is 0.125 e. The van der Waals surface area contributed by atoms with Crippen LogP contribution in [-0.2, 0) is 6.54 Å². The van der Waals surface area contributed by atoms with E-state index in [-0.39, 0.29) is 0 Å². The summed E-state index contributed by atoms with van der Waals surface area (Å²) in [5, 5.41) is 0. The first-order valence-corrected chi connectivity index (χ1v) is 5.45. The van der Waals surface area contributed by atoms with Crippen molar-refractivity contribution in [3.63, 3.8) is 0 Å². The minimum absolute atomic E-state index is 0.589. The molecule has 0 bridgehead atoms. The highest BCUT2D eigenvalue weighted by Gasteiger charge is 2.25. The van der Waals surface area contributed by atoms with E-state index >= 15 is 0 Å². The molecule has 1 aromatic heterocycles. The van der Waals surface area contributed by atoms with E-state index in [4.69, 9.17) is 0 Å². The lowest BCUT2D eigenvalue weighted by Gasteiger charge is -2.33. The lowest BCUT2D eigenvalue weighted by molar-refractivity contribution is 0.0600. The van der Waals surface area contributed by atoms with Gasteiger partial charge < -0.3 is 0 Å². The van der Waals surface area contributed by atoms with Gasteiger partial charge >= 0.3 is 0 Å². The molecule has 1 aliphatic heterocycles. The fourth-order valence-corrected chi connectivity index (χ4v) is 2.82. The van der Waals surface area contributed by atoms with E-state index in [0.717, 1.165) is 10.3 Å². The van der Waals surface area contributed by atoms with Crippen LogP contribution in [0.3, 0.4) is 0 Å². The molecule has 0 unspecified atom stereocenters. The molecule has 0 saturated carbocycles. The zero-order valence-corrected chi connectivity index (χ0v) is 8.87. The van der Waals surface area contributed by atoms with Crippen LogP contribution in [-0.4, -0.2) is 24.2 Å². The second kappa shape index (κ2) is 3.44. The van der Waals surface area contributed by atoms with Gasteiger partial charge in [-0.1, -0.05) is 0 Å². The molecule has 1 fully saturated rings. The second-order valence-corrected chi connectivity index (χ2v) is 5.54. The van der Waals surface area contributed by atoms with E-state index in [1.54, 1.807) is 11.3 Å². The van der Waals surface area contributed by atoms with E-state index in [9.17, 15) is 4.39 Å². The average Bonchev–Trinajstić information content (AvgIpc) is 2.33. The quantitative estimate of drug-likeness (QED) is 0.780. The summed E-state index contributed by atoms with van der Waals surface area (Å²) in [6.07, 6.45) is -0.589. The summed E-state index contributed by atoms with van der Waals surface area (Å²) in [4.78, 5) is 3.41. The highest BCUT2D eigenvalue weighted by Crippen LogP contribution is 2.25. The molecule has 1 aliphatic rings. The van der Waals surface area contributed by atoms with Crippen molar-refractivity contribution < 1.29 is 4.39 Å². The molecule has 0 N–H and O–H groups in total. The van der Waals surface area contributed by atoms with Gasteiger partial charge in [0.15, 0.2) is 0 Å². The van der Waals surface area contributed by atoms with Gasteiger partial charge in [0.1, 0.15) is 6.17 Å². The summed E-state index contributed by atoms with van der Waals surface area (Å²) in [5.41, 5.74) is 0. The van der Waals surface area contributed by atoms with Gasteiger partial charge in [0.25, 0.3) is 0 Å². The second-order valence-electron chi connectivity index (χ2n) is 3.00. The summed E-state index contributed by atoms with van der Waals surface area (Å²) in [5.74, 6) is 0. The normalized spacial score (nSPS) is 19.5. The third-order valence-electron chi connectivity index (χ3n) is 1.92. The largest absolute Gasteiger partial charge is 0.292 e. The number of halogens is 2. The van der Waals surface area contributed by atoms with Crippen LogP contribution in [0.5, 0.6) is 0 Å². The molecule has 0 radical (unpaired) electrons. The Balaban J connectivity index is 1.88. The van der Waals surface area contributed by atoms with Gasteiger partial charge in [0.05, 0.1) is 3.79 Å². The number of nitrogens with zero attached hydrogens (tertiary/aromatic N) is 1. The predicted molar refractivity (Wildman–Crippen MR) is 52.2 cm³/mol. The predicted octanol–water partition coefficient (Wildman–Crippen LogP) is 2.66. The van der Waals surface area contributed by atoms with E-state index in [1.165, 1.54) is 4.88 Å². The third kappa shape index (κ3) is 1.87. The average molecular weight is 250 g/mol. The molecule has 0 aromatic carbocycles. The van der Waals surface area contributed by atoms with Gasteiger partial charge in [0, 0.05) is 24.5 Å². The van der Waals surface area contributed by atoms with Gasteiger partial charge in [-0.25, -0.2) is 4.39 Å².